The average molecular weight is 286 g/mol. The van der Waals surface area contributed by atoms with Crippen LogP contribution in [0.2, 0.25) is 0 Å². The molecule has 0 aromatic rings. The molecule has 1 saturated heterocycles. The zero-order chi connectivity index (χ0) is 15.2. The first-order valence-corrected chi connectivity index (χ1v) is 7.66. The van der Waals surface area contributed by atoms with Gasteiger partial charge in [-0.1, -0.05) is 13.3 Å². The lowest BCUT2D eigenvalue weighted by molar-refractivity contribution is 0.0436. The van der Waals surface area contributed by atoms with E-state index in [2.05, 4.69) is 17.1 Å². The van der Waals surface area contributed by atoms with Gasteiger partial charge in [-0.3, -0.25) is 4.90 Å². The van der Waals surface area contributed by atoms with E-state index in [0.717, 1.165) is 32.4 Å². The van der Waals surface area contributed by atoms with Crippen molar-refractivity contribution in [1.82, 2.24) is 10.2 Å². The number of β-amino-alcohol motifs (C(OH)–C–C–N with tert-alkyl or cyclic N) is 1. The molecule has 20 heavy (non-hydrogen) atoms. The Morgan fingerprint density at radius 3 is 2.65 bits per heavy atom. The number of rotatable bonds is 5. The van der Waals surface area contributed by atoms with E-state index in [1.165, 1.54) is 0 Å². The highest BCUT2D eigenvalue weighted by atomic mass is 16.6. The first-order chi connectivity index (χ1) is 9.34. The van der Waals surface area contributed by atoms with Crippen LogP contribution in [0.1, 0.15) is 47.0 Å². The summed E-state index contributed by atoms with van der Waals surface area (Å²) in [5, 5.41) is 12.1. The van der Waals surface area contributed by atoms with Crippen LogP contribution in [-0.4, -0.2) is 54.0 Å². The largest absolute Gasteiger partial charge is 0.444 e. The van der Waals surface area contributed by atoms with Crippen molar-refractivity contribution in [3.63, 3.8) is 0 Å². The molecule has 0 bridgehead atoms. The summed E-state index contributed by atoms with van der Waals surface area (Å²) in [7, 11) is 0. The predicted molar refractivity (Wildman–Crippen MR) is 79.7 cm³/mol. The standard InChI is InChI=1S/C15H30N2O3/c1-5-6-12-9-13(11-17(10-12)7-8-18)16-14(19)20-15(2,3)4/h12-13,18H,5-11H2,1-4H3,(H,16,19). The van der Waals surface area contributed by atoms with E-state index in [-0.39, 0.29) is 18.7 Å². The number of hydrogen-bond donors (Lipinski definition) is 2. The van der Waals surface area contributed by atoms with E-state index >= 15 is 0 Å². The first kappa shape index (κ1) is 17.2. The minimum absolute atomic E-state index is 0.113. The van der Waals surface area contributed by atoms with Crippen molar-refractivity contribution in [3.05, 3.63) is 0 Å². The molecule has 1 amide bonds. The summed E-state index contributed by atoms with van der Waals surface area (Å²) in [6.45, 7) is 10.4. The number of aliphatic hydroxyl groups is 1. The lowest BCUT2D eigenvalue weighted by atomic mass is 9.90. The van der Waals surface area contributed by atoms with E-state index in [1.807, 2.05) is 20.8 Å². The van der Waals surface area contributed by atoms with E-state index in [1.54, 1.807) is 0 Å². The number of nitrogens with zero attached hydrogens (tertiary/aromatic N) is 1. The number of ether oxygens (including phenoxy) is 1. The van der Waals surface area contributed by atoms with Gasteiger partial charge in [0.15, 0.2) is 0 Å². The van der Waals surface area contributed by atoms with Crippen molar-refractivity contribution in [2.24, 2.45) is 5.92 Å². The topological polar surface area (TPSA) is 61.8 Å². The van der Waals surface area contributed by atoms with Crippen molar-refractivity contribution >= 4 is 6.09 Å². The maximum atomic E-state index is 11.9. The Morgan fingerprint density at radius 2 is 2.10 bits per heavy atom. The maximum Gasteiger partial charge on any atom is 0.407 e. The van der Waals surface area contributed by atoms with E-state index < -0.39 is 5.60 Å². The Kier molecular flexibility index (Phi) is 6.76. The molecule has 0 saturated carbocycles. The molecule has 0 radical (unpaired) electrons. The molecule has 2 N–H and O–H groups in total. The number of hydrogen-bond acceptors (Lipinski definition) is 4. The quantitative estimate of drug-likeness (QED) is 0.811. The molecule has 1 aliphatic heterocycles. The molecule has 0 aromatic carbocycles. The molecule has 1 rings (SSSR count). The third kappa shape index (κ3) is 6.57. The molecule has 118 valence electrons. The zero-order valence-electron chi connectivity index (χ0n) is 13.3. The Labute approximate surface area is 122 Å². The highest BCUT2D eigenvalue weighted by molar-refractivity contribution is 5.68. The fraction of sp³-hybridized carbons (Fsp3) is 0.933. The number of nitrogens with one attached hydrogen (secondary N) is 1. The maximum absolute atomic E-state index is 11.9. The van der Waals surface area contributed by atoms with Crippen LogP contribution in [0.5, 0.6) is 0 Å². The lowest BCUT2D eigenvalue weighted by Gasteiger charge is -2.38. The summed E-state index contributed by atoms with van der Waals surface area (Å²) >= 11 is 0. The molecule has 5 nitrogen and oxygen atoms in total. The molecular weight excluding hydrogens is 256 g/mol. The molecule has 0 aromatic heterocycles. The zero-order valence-corrected chi connectivity index (χ0v) is 13.3. The number of aliphatic hydroxyl groups excluding tert-OH is 1. The minimum Gasteiger partial charge on any atom is -0.444 e. The Morgan fingerprint density at radius 1 is 1.40 bits per heavy atom. The molecule has 0 spiro atoms. The van der Waals surface area contributed by atoms with Gasteiger partial charge in [-0.05, 0) is 39.5 Å². The predicted octanol–water partition coefficient (Wildman–Crippen LogP) is 1.99. The van der Waals surface area contributed by atoms with Gasteiger partial charge in [0.2, 0.25) is 0 Å². The van der Waals surface area contributed by atoms with E-state index in [0.29, 0.717) is 12.5 Å². The number of amides is 1. The molecule has 1 fully saturated rings. The van der Waals surface area contributed by atoms with Gasteiger partial charge in [0, 0.05) is 25.7 Å². The van der Waals surface area contributed by atoms with Crippen LogP contribution in [0, 0.1) is 5.92 Å². The van der Waals surface area contributed by atoms with E-state index in [9.17, 15) is 4.79 Å². The summed E-state index contributed by atoms with van der Waals surface area (Å²) in [4.78, 5) is 14.1. The molecule has 5 heteroatoms. The van der Waals surface area contributed by atoms with Gasteiger partial charge in [-0.15, -0.1) is 0 Å². The van der Waals surface area contributed by atoms with Crippen molar-refractivity contribution in [2.45, 2.75) is 58.6 Å². The van der Waals surface area contributed by atoms with Gasteiger partial charge >= 0.3 is 6.09 Å². The van der Waals surface area contributed by atoms with Crippen molar-refractivity contribution in [1.29, 1.82) is 0 Å². The summed E-state index contributed by atoms with van der Waals surface area (Å²) < 4.78 is 5.31. The van der Waals surface area contributed by atoms with Crippen molar-refractivity contribution < 1.29 is 14.6 Å². The SMILES string of the molecule is CCCC1CC(NC(=O)OC(C)(C)C)CN(CCO)C1. The average Bonchev–Trinajstić information content (AvgIpc) is 2.26. The van der Waals surface area contributed by atoms with Gasteiger partial charge < -0.3 is 15.2 Å². The fourth-order valence-electron chi connectivity index (χ4n) is 2.82. The highest BCUT2D eigenvalue weighted by Gasteiger charge is 2.28. The summed E-state index contributed by atoms with van der Waals surface area (Å²) in [6, 6.07) is 0.113. The van der Waals surface area contributed by atoms with Crippen LogP contribution in [0.4, 0.5) is 4.79 Å². The lowest BCUT2D eigenvalue weighted by Crippen LogP contribution is -2.52. The van der Waals surface area contributed by atoms with Crippen LogP contribution < -0.4 is 5.32 Å². The summed E-state index contributed by atoms with van der Waals surface area (Å²) in [5.41, 5.74) is -0.466. The van der Waals surface area contributed by atoms with Gasteiger partial charge in [-0.25, -0.2) is 4.79 Å². The fourth-order valence-corrected chi connectivity index (χ4v) is 2.82. The Balaban J connectivity index is 2.51. The smallest absolute Gasteiger partial charge is 0.407 e. The van der Waals surface area contributed by atoms with E-state index in [4.69, 9.17) is 9.84 Å². The van der Waals surface area contributed by atoms with Crippen LogP contribution in [0.25, 0.3) is 0 Å². The Hall–Kier alpha value is -0.810. The minimum atomic E-state index is -0.466. The van der Waals surface area contributed by atoms with Crippen LogP contribution in [-0.2, 0) is 4.74 Å². The first-order valence-electron chi connectivity index (χ1n) is 7.66. The molecular formula is C15H30N2O3. The molecule has 2 unspecified atom stereocenters. The van der Waals surface area contributed by atoms with Crippen LogP contribution in [0.3, 0.4) is 0 Å². The van der Waals surface area contributed by atoms with Crippen molar-refractivity contribution in [3.8, 4) is 0 Å². The number of alkyl carbamates (subject to hydrolysis) is 1. The second kappa shape index (κ2) is 7.84. The highest BCUT2D eigenvalue weighted by Crippen LogP contribution is 2.21. The monoisotopic (exact) mass is 286 g/mol. The number of carbonyl (C=O) groups excluding carboxylic acids is 1. The third-order valence-electron chi connectivity index (χ3n) is 3.45. The van der Waals surface area contributed by atoms with Crippen LogP contribution >= 0.6 is 0 Å². The summed E-state index contributed by atoms with van der Waals surface area (Å²) in [6.07, 6.45) is 2.96. The third-order valence-corrected chi connectivity index (χ3v) is 3.45. The summed E-state index contributed by atoms with van der Waals surface area (Å²) in [5.74, 6) is 0.584. The van der Waals surface area contributed by atoms with Gasteiger partial charge in [-0.2, -0.15) is 0 Å². The van der Waals surface area contributed by atoms with Gasteiger partial charge in [0.1, 0.15) is 5.60 Å². The van der Waals surface area contributed by atoms with Gasteiger partial charge in [0.05, 0.1) is 6.61 Å². The second-order valence-corrected chi connectivity index (χ2v) is 6.72. The molecule has 0 aliphatic carbocycles. The number of carbonyl (C=O) groups is 1. The second-order valence-electron chi connectivity index (χ2n) is 6.72. The van der Waals surface area contributed by atoms with Crippen LogP contribution in [0.15, 0.2) is 0 Å². The number of likely N-dealkylation sites (tertiary alicyclic amines) is 1. The number of piperidine rings is 1. The molecule has 1 heterocycles. The molecule has 2 atom stereocenters. The van der Waals surface area contributed by atoms with Gasteiger partial charge in [0.25, 0.3) is 0 Å². The molecule has 1 aliphatic rings. The normalized spacial score (nSPS) is 24.4. The Bertz CT molecular complexity index is 288. The van der Waals surface area contributed by atoms with Crippen molar-refractivity contribution in [2.75, 3.05) is 26.2 Å².